The normalized spacial score (nSPS) is 33.9. The van der Waals surface area contributed by atoms with E-state index < -0.39 is 6.10 Å². The molecule has 3 N–H and O–H groups in total. The first-order chi connectivity index (χ1) is 7.59. The molecule has 90 valence electrons. The molecule has 2 rings (SSSR count). The van der Waals surface area contributed by atoms with Crippen LogP contribution in [0.4, 0.5) is 0 Å². The minimum absolute atomic E-state index is 0.0638. The fourth-order valence-electron chi connectivity index (χ4n) is 2.28. The quantitative estimate of drug-likeness (QED) is 0.505. The molecule has 6 nitrogen and oxygen atoms in total. The Morgan fingerprint density at radius 3 is 2.69 bits per heavy atom. The van der Waals surface area contributed by atoms with E-state index in [4.69, 9.17) is 0 Å². The van der Waals surface area contributed by atoms with Crippen LogP contribution in [0.25, 0.3) is 0 Å². The third-order valence-electron chi connectivity index (χ3n) is 3.32. The molecule has 2 saturated heterocycles. The van der Waals surface area contributed by atoms with Gasteiger partial charge in [-0.3, -0.25) is 9.59 Å². The van der Waals surface area contributed by atoms with Crippen molar-refractivity contribution in [3.63, 3.8) is 0 Å². The van der Waals surface area contributed by atoms with E-state index in [1.807, 2.05) is 0 Å². The fourth-order valence-corrected chi connectivity index (χ4v) is 2.28. The number of amides is 2. The van der Waals surface area contributed by atoms with Gasteiger partial charge in [-0.2, -0.15) is 0 Å². The van der Waals surface area contributed by atoms with Gasteiger partial charge < -0.3 is 20.6 Å². The molecule has 2 fully saturated rings. The number of β-amino-alcohol motifs (C(OH)–C–C–N with tert-alkyl or cyclic N) is 1. The zero-order valence-electron chi connectivity index (χ0n) is 9.27. The third kappa shape index (κ3) is 2.03. The summed E-state index contributed by atoms with van der Waals surface area (Å²) < 4.78 is 0. The van der Waals surface area contributed by atoms with Gasteiger partial charge in [0, 0.05) is 33.1 Å². The highest BCUT2D eigenvalue weighted by molar-refractivity contribution is 5.89. The van der Waals surface area contributed by atoms with E-state index in [9.17, 15) is 14.7 Å². The Morgan fingerprint density at radius 1 is 1.44 bits per heavy atom. The predicted octanol–water partition coefficient (Wildman–Crippen LogP) is -2.09. The Labute approximate surface area is 94.0 Å². The summed E-state index contributed by atoms with van der Waals surface area (Å²) in [5.41, 5.74) is 0. The summed E-state index contributed by atoms with van der Waals surface area (Å²) in [5, 5.41) is 15.3. The van der Waals surface area contributed by atoms with Gasteiger partial charge in [0.2, 0.25) is 11.8 Å². The Kier molecular flexibility index (Phi) is 3.11. The zero-order valence-corrected chi connectivity index (χ0v) is 9.27. The maximum atomic E-state index is 12.0. The van der Waals surface area contributed by atoms with Crippen molar-refractivity contribution in [2.45, 2.75) is 18.6 Å². The monoisotopic (exact) mass is 227 g/mol. The van der Waals surface area contributed by atoms with Gasteiger partial charge in [0.25, 0.3) is 0 Å². The summed E-state index contributed by atoms with van der Waals surface area (Å²) in [7, 11) is 1.69. The van der Waals surface area contributed by atoms with Crippen molar-refractivity contribution < 1.29 is 14.7 Å². The highest BCUT2D eigenvalue weighted by Crippen LogP contribution is 2.16. The SMILES string of the molecule is CN(C(=O)C1CNC(=O)C1)[C@@H]1CNC[C@H]1O. The third-order valence-corrected chi connectivity index (χ3v) is 3.32. The molecule has 6 heteroatoms. The maximum Gasteiger partial charge on any atom is 0.228 e. The number of nitrogens with one attached hydrogen (secondary N) is 2. The summed E-state index contributed by atoms with van der Waals surface area (Å²) >= 11 is 0. The van der Waals surface area contributed by atoms with Crippen LogP contribution >= 0.6 is 0 Å². The largest absolute Gasteiger partial charge is 0.390 e. The average molecular weight is 227 g/mol. The second-order valence-electron chi connectivity index (χ2n) is 4.45. The van der Waals surface area contributed by atoms with E-state index in [0.717, 1.165) is 0 Å². The first-order valence-electron chi connectivity index (χ1n) is 5.51. The molecule has 0 aromatic carbocycles. The smallest absolute Gasteiger partial charge is 0.228 e. The molecule has 0 radical (unpaired) electrons. The van der Waals surface area contributed by atoms with E-state index in [1.54, 1.807) is 11.9 Å². The molecule has 2 aliphatic rings. The number of rotatable bonds is 2. The minimum atomic E-state index is -0.515. The lowest BCUT2D eigenvalue weighted by molar-refractivity contribution is -0.137. The lowest BCUT2D eigenvalue weighted by Gasteiger charge is -2.28. The van der Waals surface area contributed by atoms with Crippen LogP contribution in [0.5, 0.6) is 0 Å². The summed E-state index contributed by atoms with van der Waals surface area (Å²) in [5.74, 6) is -0.409. The van der Waals surface area contributed by atoms with Crippen molar-refractivity contribution in [2.75, 3.05) is 26.7 Å². The second-order valence-corrected chi connectivity index (χ2v) is 4.45. The van der Waals surface area contributed by atoms with E-state index in [1.165, 1.54) is 0 Å². The van der Waals surface area contributed by atoms with Crippen molar-refractivity contribution in [1.82, 2.24) is 15.5 Å². The van der Waals surface area contributed by atoms with Crippen molar-refractivity contribution in [3.05, 3.63) is 0 Å². The zero-order chi connectivity index (χ0) is 11.7. The molecule has 0 aromatic heterocycles. The van der Waals surface area contributed by atoms with Gasteiger partial charge in [-0.15, -0.1) is 0 Å². The fraction of sp³-hybridized carbons (Fsp3) is 0.800. The molecule has 0 aromatic rings. The summed E-state index contributed by atoms with van der Waals surface area (Å²) in [6.07, 6.45) is -0.251. The number of nitrogens with zero attached hydrogens (tertiary/aromatic N) is 1. The van der Waals surface area contributed by atoms with Gasteiger partial charge in [-0.05, 0) is 0 Å². The Morgan fingerprint density at radius 2 is 2.19 bits per heavy atom. The number of hydrogen-bond donors (Lipinski definition) is 3. The molecule has 0 spiro atoms. The van der Waals surface area contributed by atoms with Crippen LogP contribution in [0.2, 0.25) is 0 Å². The Hall–Kier alpha value is -1.14. The van der Waals surface area contributed by atoms with Crippen molar-refractivity contribution in [3.8, 4) is 0 Å². The summed E-state index contributed by atoms with van der Waals surface area (Å²) in [4.78, 5) is 24.6. The van der Waals surface area contributed by atoms with Crippen LogP contribution in [0, 0.1) is 5.92 Å². The average Bonchev–Trinajstić information content (AvgIpc) is 2.85. The number of aliphatic hydroxyl groups is 1. The van der Waals surface area contributed by atoms with Crippen LogP contribution < -0.4 is 10.6 Å². The first kappa shape index (κ1) is 11.3. The summed E-state index contributed by atoms with van der Waals surface area (Å²) in [6.45, 7) is 1.54. The maximum absolute atomic E-state index is 12.0. The molecule has 0 saturated carbocycles. The number of hydrogen-bond acceptors (Lipinski definition) is 4. The van der Waals surface area contributed by atoms with E-state index >= 15 is 0 Å². The van der Waals surface area contributed by atoms with Crippen LogP contribution in [0.15, 0.2) is 0 Å². The molecular weight excluding hydrogens is 210 g/mol. The first-order valence-corrected chi connectivity index (χ1v) is 5.51. The lowest BCUT2D eigenvalue weighted by Crippen LogP contribution is -2.47. The van der Waals surface area contributed by atoms with Gasteiger partial charge in [0.05, 0.1) is 18.1 Å². The number of carbonyl (C=O) groups excluding carboxylic acids is 2. The molecule has 16 heavy (non-hydrogen) atoms. The minimum Gasteiger partial charge on any atom is -0.390 e. The molecular formula is C10H17N3O3. The van der Waals surface area contributed by atoms with Crippen LogP contribution in [-0.4, -0.2) is 60.6 Å². The van der Waals surface area contributed by atoms with E-state index in [2.05, 4.69) is 10.6 Å². The lowest BCUT2D eigenvalue weighted by atomic mass is 10.1. The van der Waals surface area contributed by atoms with Gasteiger partial charge in [0.15, 0.2) is 0 Å². The van der Waals surface area contributed by atoms with Gasteiger partial charge in [-0.25, -0.2) is 0 Å². The van der Waals surface area contributed by atoms with Crippen LogP contribution in [-0.2, 0) is 9.59 Å². The second kappa shape index (κ2) is 4.39. The standard InChI is InChI=1S/C10H17N3O3/c1-13(7-4-11-5-8(7)14)10(16)6-2-9(15)12-3-6/h6-8,11,14H,2-5H2,1H3,(H,12,15)/t6?,7-,8-/m1/s1. The molecule has 3 atom stereocenters. The molecule has 2 heterocycles. The van der Waals surface area contributed by atoms with Crippen LogP contribution in [0.1, 0.15) is 6.42 Å². The molecule has 2 amide bonds. The highest BCUT2D eigenvalue weighted by Gasteiger charge is 2.36. The molecule has 0 aliphatic carbocycles. The van der Waals surface area contributed by atoms with Gasteiger partial charge >= 0.3 is 0 Å². The number of carbonyl (C=O) groups is 2. The van der Waals surface area contributed by atoms with Crippen LogP contribution in [0.3, 0.4) is 0 Å². The number of likely N-dealkylation sites (N-methyl/N-ethyl adjacent to an activating group) is 1. The number of aliphatic hydroxyl groups excluding tert-OH is 1. The molecule has 1 unspecified atom stereocenters. The van der Waals surface area contributed by atoms with Crippen molar-refractivity contribution >= 4 is 11.8 Å². The van der Waals surface area contributed by atoms with E-state index in [-0.39, 0.29) is 30.2 Å². The Bertz CT molecular complexity index is 308. The van der Waals surface area contributed by atoms with Crippen molar-refractivity contribution in [2.24, 2.45) is 5.92 Å². The predicted molar refractivity (Wildman–Crippen MR) is 56.6 cm³/mol. The highest BCUT2D eigenvalue weighted by atomic mass is 16.3. The summed E-state index contributed by atoms with van der Waals surface area (Å²) in [6, 6.07) is -0.178. The Balaban J connectivity index is 1.96. The molecule has 0 bridgehead atoms. The van der Waals surface area contributed by atoms with Crippen molar-refractivity contribution in [1.29, 1.82) is 0 Å². The topological polar surface area (TPSA) is 81.7 Å². The van der Waals surface area contributed by atoms with Gasteiger partial charge in [-0.1, -0.05) is 0 Å². The van der Waals surface area contributed by atoms with E-state index in [0.29, 0.717) is 19.6 Å². The van der Waals surface area contributed by atoms with Gasteiger partial charge in [0.1, 0.15) is 0 Å². The molecule has 2 aliphatic heterocycles.